The third-order valence-corrected chi connectivity index (χ3v) is 4.92. The average Bonchev–Trinajstić information content (AvgIpc) is 3.00. The highest BCUT2D eigenvalue weighted by Gasteiger charge is 2.36. The summed E-state index contributed by atoms with van der Waals surface area (Å²) in [6.07, 6.45) is 0.132. The molecular formula is C19H26BF3N3O2. The maximum Gasteiger partial charge on any atom is 0.433 e. The summed E-state index contributed by atoms with van der Waals surface area (Å²) in [5.74, 6) is 0.0695. The number of halogens is 3. The van der Waals surface area contributed by atoms with E-state index in [1.807, 2.05) is 13.8 Å². The number of rotatable bonds is 7. The molecule has 1 N–H and O–H groups in total. The first-order chi connectivity index (χ1) is 12.7. The number of nitrogens with zero attached hydrogens (tertiary/aromatic N) is 3. The molecule has 0 aliphatic rings. The van der Waals surface area contributed by atoms with Crippen molar-refractivity contribution < 1.29 is 22.9 Å². The first-order valence-corrected chi connectivity index (χ1v) is 9.03. The Morgan fingerprint density at radius 1 is 1.11 bits per heavy atom. The van der Waals surface area contributed by atoms with E-state index in [-0.39, 0.29) is 12.0 Å². The van der Waals surface area contributed by atoms with Gasteiger partial charge in [0.1, 0.15) is 5.69 Å². The van der Waals surface area contributed by atoms with Crippen molar-refractivity contribution in [3.8, 4) is 0 Å². The lowest BCUT2D eigenvalue weighted by Crippen LogP contribution is -2.49. The van der Waals surface area contributed by atoms with Crippen LogP contribution in [0.4, 0.5) is 13.2 Å². The monoisotopic (exact) mass is 396 g/mol. The van der Waals surface area contributed by atoms with Gasteiger partial charge in [0, 0.05) is 18.6 Å². The Bertz CT molecular complexity index is 781. The van der Waals surface area contributed by atoms with E-state index in [9.17, 15) is 18.3 Å². The fourth-order valence-corrected chi connectivity index (χ4v) is 2.52. The van der Waals surface area contributed by atoms with Crippen LogP contribution in [0.3, 0.4) is 0 Å². The summed E-state index contributed by atoms with van der Waals surface area (Å²) in [5, 5.41) is 14.5. The van der Waals surface area contributed by atoms with Gasteiger partial charge in [-0.05, 0) is 50.7 Å². The second-order valence-corrected chi connectivity index (χ2v) is 8.22. The van der Waals surface area contributed by atoms with Crippen LogP contribution in [0.1, 0.15) is 58.8 Å². The van der Waals surface area contributed by atoms with Gasteiger partial charge in [-0.15, -0.1) is 0 Å². The molecule has 153 valence electrons. The Morgan fingerprint density at radius 3 is 2.21 bits per heavy atom. The molecule has 0 aromatic carbocycles. The number of alkyl halides is 3. The topological polar surface area (TPSA) is 60.2 Å². The highest BCUT2D eigenvalue weighted by molar-refractivity contribution is 6.46. The molecule has 9 heteroatoms. The quantitative estimate of drug-likeness (QED) is 0.730. The van der Waals surface area contributed by atoms with Crippen LogP contribution >= 0.6 is 0 Å². The molecule has 1 radical (unpaired) electrons. The smallest absolute Gasteiger partial charge is 0.427 e. The molecule has 2 heterocycles. The number of aromatic nitrogens is 3. The zero-order valence-electron chi connectivity index (χ0n) is 16.9. The van der Waals surface area contributed by atoms with Crippen LogP contribution in [0.5, 0.6) is 0 Å². The molecule has 2 aromatic heterocycles. The van der Waals surface area contributed by atoms with Crippen LogP contribution in [-0.4, -0.2) is 38.6 Å². The fourth-order valence-electron chi connectivity index (χ4n) is 2.52. The van der Waals surface area contributed by atoms with Gasteiger partial charge in [-0.25, -0.2) is 0 Å². The van der Waals surface area contributed by atoms with Crippen LogP contribution < -0.4 is 5.46 Å². The maximum absolute atomic E-state index is 12.8. The predicted molar refractivity (Wildman–Crippen MR) is 101 cm³/mol. The summed E-state index contributed by atoms with van der Waals surface area (Å²) in [5.41, 5.74) is -1.47. The second-order valence-electron chi connectivity index (χ2n) is 8.22. The summed E-state index contributed by atoms with van der Waals surface area (Å²) in [4.78, 5) is 3.55. The zero-order valence-corrected chi connectivity index (χ0v) is 16.9. The zero-order chi connectivity index (χ0) is 21.3. The Balaban J connectivity index is 2.20. The van der Waals surface area contributed by atoms with E-state index in [1.54, 1.807) is 44.8 Å². The van der Waals surface area contributed by atoms with Crippen molar-refractivity contribution in [3.63, 3.8) is 0 Å². The summed E-state index contributed by atoms with van der Waals surface area (Å²) in [7, 11) is 1.52. The van der Waals surface area contributed by atoms with Crippen molar-refractivity contribution in [2.45, 2.75) is 65.0 Å². The summed E-state index contributed by atoms with van der Waals surface area (Å²) in [6, 6.07) is 2.13. The lowest BCUT2D eigenvalue weighted by molar-refractivity contribution is -0.141. The molecule has 0 fully saturated rings. The van der Waals surface area contributed by atoms with Crippen molar-refractivity contribution >= 4 is 12.9 Å². The van der Waals surface area contributed by atoms with Gasteiger partial charge in [0.15, 0.2) is 0 Å². The van der Waals surface area contributed by atoms with Crippen LogP contribution in [0.25, 0.3) is 0 Å². The lowest BCUT2D eigenvalue weighted by atomic mass is 9.84. The van der Waals surface area contributed by atoms with Gasteiger partial charge >= 0.3 is 13.7 Å². The summed E-state index contributed by atoms with van der Waals surface area (Å²) >= 11 is 0. The second kappa shape index (κ2) is 7.87. The minimum Gasteiger partial charge on any atom is -0.427 e. The Hall–Kier alpha value is -1.87. The predicted octanol–water partition coefficient (Wildman–Crippen LogP) is 3.35. The van der Waals surface area contributed by atoms with Crippen molar-refractivity contribution in [2.24, 2.45) is 5.92 Å². The van der Waals surface area contributed by atoms with Crippen molar-refractivity contribution in [2.75, 3.05) is 0 Å². The molecule has 0 spiro atoms. The SMILES string of the molecule is CC(C)C(c1ccc(C(F)(F)F)nc1)n1cc([B]OC(C)(C)C(C)(C)O)cn1. The van der Waals surface area contributed by atoms with E-state index in [4.69, 9.17) is 4.65 Å². The van der Waals surface area contributed by atoms with E-state index in [0.29, 0.717) is 11.0 Å². The fraction of sp³-hybridized carbons (Fsp3) is 0.579. The molecule has 0 saturated heterocycles. The molecule has 1 unspecified atom stereocenters. The number of hydrogen-bond acceptors (Lipinski definition) is 4. The molecule has 0 bridgehead atoms. The highest BCUT2D eigenvalue weighted by Crippen LogP contribution is 2.30. The van der Waals surface area contributed by atoms with Gasteiger partial charge in [-0.1, -0.05) is 19.9 Å². The molecule has 28 heavy (non-hydrogen) atoms. The third kappa shape index (κ3) is 5.14. The first kappa shape index (κ1) is 22.4. The van der Waals surface area contributed by atoms with Gasteiger partial charge < -0.3 is 9.76 Å². The standard InChI is InChI=1S/C19H26BF3N3O2/c1-12(2)16(13-7-8-15(24-9-13)19(21,22)23)26-11-14(10-25-26)20-28-18(5,6)17(3,4)27/h7-12,16,27H,1-6H3. The number of aliphatic hydroxyl groups is 1. The van der Waals surface area contributed by atoms with Crippen molar-refractivity contribution in [1.29, 1.82) is 0 Å². The van der Waals surface area contributed by atoms with Gasteiger partial charge in [-0.2, -0.15) is 18.3 Å². The van der Waals surface area contributed by atoms with E-state index >= 15 is 0 Å². The van der Waals surface area contributed by atoms with Crippen molar-refractivity contribution in [3.05, 3.63) is 42.0 Å². The molecule has 0 aliphatic carbocycles. The van der Waals surface area contributed by atoms with E-state index in [2.05, 4.69) is 10.1 Å². The molecule has 5 nitrogen and oxygen atoms in total. The van der Waals surface area contributed by atoms with Gasteiger partial charge in [0.25, 0.3) is 0 Å². The molecule has 2 rings (SSSR count). The van der Waals surface area contributed by atoms with E-state index in [1.165, 1.54) is 19.7 Å². The Kier molecular flexibility index (Phi) is 6.30. The van der Waals surface area contributed by atoms with E-state index in [0.717, 1.165) is 6.07 Å². The maximum atomic E-state index is 12.8. The van der Waals surface area contributed by atoms with Crippen molar-refractivity contribution in [1.82, 2.24) is 14.8 Å². The average molecular weight is 396 g/mol. The Labute approximate surface area is 164 Å². The normalized spacial score (nSPS) is 14.4. The summed E-state index contributed by atoms with van der Waals surface area (Å²) in [6.45, 7) is 10.8. The minimum atomic E-state index is -4.47. The highest BCUT2D eigenvalue weighted by atomic mass is 19.4. The molecular weight excluding hydrogens is 370 g/mol. The summed E-state index contributed by atoms with van der Waals surface area (Å²) < 4.78 is 45.7. The molecule has 2 aromatic rings. The number of hydrogen-bond donors (Lipinski definition) is 1. The van der Waals surface area contributed by atoms with Crippen LogP contribution in [0, 0.1) is 5.92 Å². The van der Waals surface area contributed by atoms with Crippen LogP contribution in [-0.2, 0) is 10.8 Å². The molecule has 0 amide bonds. The largest absolute Gasteiger partial charge is 0.433 e. The number of pyridine rings is 1. The molecule has 0 aliphatic heterocycles. The molecule has 0 saturated carbocycles. The third-order valence-electron chi connectivity index (χ3n) is 4.92. The van der Waals surface area contributed by atoms with E-state index < -0.39 is 23.1 Å². The first-order valence-electron chi connectivity index (χ1n) is 9.03. The van der Waals surface area contributed by atoms with Crippen LogP contribution in [0.2, 0.25) is 0 Å². The van der Waals surface area contributed by atoms with Crippen LogP contribution in [0.15, 0.2) is 30.7 Å². The minimum absolute atomic E-state index is 0.0695. The Morgan fingerprint density at radius 2 is 1.75 bits per heavy atom. The molecule has 1 atom stereocenters. The van der Waals surface area contributed by atoms with Gasteiger partial charge in [0.05, 0.1) is 17.2 Å². The van der Waals surface area contributed by atoms with Gasteiger partial charge in [-0.3, -0.25) is 9.67 Å². The lowest BCUT2D eigenvalue weighted by Gasteiger charge is -2.37. The van der Waals surface area contributed by atoms with Gasteiger partial charge in [0.2, 0.25) is 0 Å².